The minimum absolute atomic E-state index is 0.119. The van der Waals surface area contributed by atoms with Gasteiger partial charge in [0.05, 0.1) is 23.6 Å². The van der Waals surface area contributed by atoms with Crippen LogP contribution in [0.2, 0.25) is 0 Å². The number of imidazole rings is 1. The lowest BCUT2D eigenvalue weighted by Crippen LogP contribution is -2.46. The fourth-order valence-corrected chi connectivity index (χ4v) is 4.23. The minimum Gasteiger partial charge on any atom is -0.353 e. The topological polar surface area (TPSA) is 50.2 Å². The molecule has 23 heavy (non-hydrogen) atoms. The Labute approximate surface area is 140 Å². The van der Waals surface area contributed by atoms with E-state index in [-0.39, 0.29) is 11.8 Å². The summed E-state index contributed by atoms with van der Waals surface area (Å²) in [4.78, 5) is 21.0. The highest BCUT2D eigenvalue weighted by Crippen LogP contribution is 2.30. The van der Waals surface area contributed by atoms with Gasteiger partial charge in [-0.1, -0.05) is 6.07 Å². The zero-order valence-corrected chi connectivity index (χ0v) is 14.2. The SMILES string of the molecule is Cn1cnc2c1C(C(=O)NC1CCC1)CN(Cc1cccs1)C2. The van der Waals surface area contributed by atoms with E-state index in [0.717, 1.165) is 43.9 Å². The van der Waals surface area contributed by atoms with Gasteiger partial charge in [0.2, 0.25) is 5.91 Å². The number of carbonyl (C=O) groups excluding carboxylic acids is 1. The summed E-state index contributed by atoms with van der Waals surface area (Å²) in [5, 5.41) is 5.32. The summed E-state index contributed by atoms with van der Waals surface area (Å²) < 4.78 is 2.02. The van der Waals surface area contributed by atoms with Crippen molar-refractivity contribution in [3.05, 3.63) is 40.1 Å². The first-order chi connectivity index (χ1) is 11.2. The summed E-state index contributed by atoms with van der Waals surface area (Å²) in [6.45, 7) is 2.48. The van der Waals surface area contributed by atoms with Gasteiger partial charge in [-0.3, -0.25) is 9.69 Å². The number of hydrogen-bond acceptors (Lipinski definition) is 4. The molecule has 1 unspecified atom stereocenters. The Balaban J connectivity index is 1.55. The Hall–Kier alpha value is -1.66. The first-order valence-electron chi connectivity index (χ1n) is 8.26. The number of fused-ring (bicyclic) bond motifs is 1. The summed E-state index contributed by atoms with van der Waals surface area (Å²) in [6.07, 6.45) is 5.31. The van der Waals surface area contributed by atoms with Crippen LogP contribution >= 0.6 is 11.3 Å². The molecule has 3 heterocycles. The van der Waals surface area contributed by atoms with Crippen LogP contribution < -0.4 is 5.32 Å². The van der Waals surface area contributed by atoms with Gasteiger partial charge in [-0.2, -0.15) is 0 Å². The lowest BCUT2D eigenvalue weighted by molar-refractivity contribution is -0.124. The number of aryl methyl sites for hydroxylation is 1. The molecular weight excluding hydrogens is 308 g/mol. The molecule has 0 spiro atoms. The molecule has 0 saturated heterocycles. The lowest BCUT2D eigenvalue weighted by atomic mass is 9.91. The normalized spacial score (nSPS) is 21.7. The quantitative estimate of drug-likeness (QED) is 0.935. The predicted molar refractivity (Wildman–Crippen MR) is 90.2 cm³/mol. The van der Waals surface area contributed by atoms with Crippen molar-refractivity contribution >= 4 is 17.2 Å². The van der Waals surface area contributed by atoms with Gasteiger partial charge in [0.25, 0.3) is 0 Å². The van der Waals surface area contributed by atoms with E-state index in [0.29, 0.717) is 6.04 Å². The highest BCUT2D eigenvalue weighted by molar-refractivity contribution is 7.09. The highest BCUT2D eigenvalue weighted by Gasteiger charge is 2.35. The van der Waals surface area contributed by atoms with Crippen LogP contribution in [0.5, 0.6) is 0 Å². The Morgan fingerprint density at radius 1 is 1.48 bits per heavy atom. The van der Waals surface area contributed by atoms with Crippen molar-refractivity contribution in [2.45, 2.75) is 44.3 Å². The van der Waals surface area contributed by atoms with E-state index in [4.69, 9.17) is 0 Å². The van der Waals surface area contributed by atoms with Crippen molar-refractivity contribution < 1.29 is 4.79 Å². The average molecular weight is 330 g/mol. The van der Waals surface area contributed by atoms with Crippen molar-refractivity contribution in [1.29, 1.82) is 0 Å². The zero-order chi connectivity index (χ0) is 15.8. The summed E-state index contributed by atoms with van der Waals surface area (Å²) >= 11 is 1.77. The smallest absolute Gasteiger partial charge is 0.230 e. The van der Waals surface area contributed by atoms with Crippen LogP contribution in [0.3, 0.4) is 0 Å². The van der Waals surface area contributed by atoms with Gasteiger partial charge in [-0.15, -0.1) is 11.3 Å². The van der Waals surface area contributed by atoms with Crippen LogP contribution in [0.1, 0.15) is 41.4 Å². The fraction of sp³-hybridized carbons (Fsp3) is 0.529. The maximum atomic E-state index is 12.8. The Morgan fingerprint density at radius 2 is 2.35 bits per heavy atom. The molecule has 4 rings (SSSR count). The van der Waals surface area contributed by atoms with Gasteiger partial charge in [0.1, 0.15) is 0 Å². The number of amides is 1. The van der Waals surface area contributed by atoms with Crippen molar-refractivity contribution in [2.24, 2.45) is 7.05 Å². The molecule has 6 heteroatoms. The largest absolute Gasteiger partial charge is 0.353 e. The number of aromatic nitrogens is 2. The van der Waals surface area contributed by atoms with Crippen LogP contribution in [0.4, 0.5) is 0 Å². The number of hydrogen-bond donors (Lipinski definition) is 1. The molecule has 1 saturated carbocycles. The maximum absolute atomic E-state index is 12.8. The third-order valence-electron chi connectivity index (χ3n) is 4.93. The fourth-order valence-electron chi connectivity index (χ4n) is 3.48. The molecule has 1 aliphatic heterocycles. The van der Waals surface area contributed by atoms with E-state index >= 15 is 0 Å². The van der Waals surface area contributed by atoms with E-state index in [1.165, 1.54) is 11.3 Å². The predicted octanol–water partition coefficient (Wildman–Crippen LogP) is 2.25. The first-order valence-corrected chi connectivity index (χ1v) is 9.14. The van der Waals surface area contributed by atoms with Gasteiger partial charge in [0, 0.05) is 37.6 Å². The monoisotopic (exact) mass is 330 g/mol. The molecule has 1 fully saturated rings. The summed E-state index contributed by atoms with van der Waals surface area (Å²) in [5.74, 6) is 0.0437. The molecule has 2 aromatic heterocycles. The van der Waals surface area contributed by atoms with Crippen LogP contribution in [-0.4, -0.2) is 32.9 Å². The van der Waals surface area contributed by atoms with Crippen molar-refractivity contribution in [3.8, 4) is 0 Å². The average Bonchev–Trinajstić information content (AvgIpc) is 3.12. The summed E-state index contributed by atoms with van der Waals surface area (Å²) in [6, 6.07) is 4.62. The minimum atomic E-state index is -0.119. The van der Waals surface area contributed by atoms with E-state index in [1.54, 1.807) is 11.3 Å². The second-order valence-electron chi connectivity index (χ2n) is 6.63. The second-order valence-corrected chi connectivity index (χ2v) is 7.66. The molecular formula is C17H22N4OS. The molecule has 0 aromatic carbocycles. The van der Waals surface area contributed by atoms with Gasteiger partial charge in [0.15, 0.2) is 0 Å². The Kier molecular flexibility index (Phi) is 3.95. The Morgan fingerprint density at radius 3 is 3.04 bits per heavy atom. The highest BCUT2D eigenvalue weighted by atomic mass is 32.1. The van der Waals surface area contributed by atoms with Crippen LogP contribution in [0.15, 0.2) is 23.8 Å². The standard InChI is InChI=1S/C17H22N4OS/c1-20-11-18-15-10-21(8-13-6-3-7-23-13)9-14(16(15)20)17(22)19-12-4-2-5-12/h3,6-7,11-12,14H,2,4-5,8-10H2,1H3,(H,19,22). The molecule has 2 aromatic rings. The van der Waals surface area contributed by atoms with Crippen LogP contribution in [0.25, 0.3) is 0 Å². The molecule has 122 valence electrons. The zero-order valence-electron chi connectivity index (χ0n) is 13.4. The number of thiophene rings is 1. The summed E-state index contributed by atoms with van der Waals surface area (Å²) in [5.41, 5.74) is 2.13. The number of nitrogens with zero attached hydrogens (tertiary/aromatic N) is 3. The molecule has 5 nitrogen and oxygen atoms in total. The van der Waals surface area contributed by atoms with E-state index in [2.05, 4.69) is 32.7 Å². The van der Waals surface area contributed by atoms with Gasteiger partial charge >= 0.3 is 0 Å². The molecule has 0 bridgehead atoms. The maximum Gasteiger partial charge on any atom is 0.230 e. The third kappa shape index (κ3) is 2.93. The molecule has 1 atom stereocenters. The van der Waals surface area contributed by atoms with Gasteiger partial charge < -0.3 is 9.88 Å². The van der Waals surface area contributed by atoms with Crippen LogP contribution in [-0.2, 0) is 24.9 Å². The van der Waals surface area contributed by atoms with Crippen molar-refractivity contribution in [2.75, 3.05) is 6.54 Å². The molecule has 1 amide bonds. The van der Waals surface area contributed by atoms with E-state index < -0.39 is 0 Å². The third-order valence-corrected chi connectivity index (χ3v) is 5.80. The van der Waals surface area contributed by atoms with Gasteiger partial charge in [-0.05, 0) is 30.7 Å². The Bertz CT molecular complexity index is 690. The second kappa shape index (κ2) is 6.09. The number of nitrogens with one attached hydrogen (secondary N) is 1. The van der Waals surface area contributed by atoms with E-state index in [1.807, 2.05) is 17.9 Å². The van der Waals surface area contributed by atoms with E-state index in [9.17, 15) is 4.79 Å². The number of rotatable bonds is 4. The molecule has 1 aliphatic carbocycles. The van der Waals surface area contributed by atoms with Crippen LogP contribution in [0, 0.1) is 0 Å². The summed E-state index contributed by atoms with van der Waals surface area (Å²) in [7, 11) is 1.99. The lowest BCUT2D eigenvalue weighted by Gasteiger charge is -2.34. The molecule has 2 aliphatic rings. The van der Waals surface area contributed by atoms with Gasteiger partial charge in [-0.25, -0.2) is 4.98 Å². The number of carbonyl (C=O) groups is 1. The van der Waals surface area contributed by atoms with Crippen molar-refractivity contribution in [1.82, 2.24) is 19.8 Å². The molecule has 0 radical (unpaired) electrons. The van der Waals surface area contributed by atoms with Crippen molar-refractivity contribution in [3.63, 3.8) is 0 Å². The first kappa shape index (κ1) is 14.9. The molecule has 1 N–H and O–H groups in total.